The van der Waals surface area contributed by atoms with Crippen molar-refractivity contribution in [3.63, 3.8) is 0 Å². The van der Waals surface area contributed by atoms with E-state index >= 15 is 0 Å². The van der Waals surface area contributed by atoms with Gasteiger partial charge in [-0.05, 0) is 93.4 Å². The number of aliphatic carboxylic acids is 1. The smallest absolute Gasteiger partial charge is 0.480 e. The molecule has 0 saturated heterocycles. The minimum absolute atomic E-state index is 0.0251. The van der Waals surface area contributed by atoms with E-state index in [9.17, 15) is 24.3 Å². The summed E-state index contributed by atoms with van der Waals surface area (Å²) in [5.74, 6) is -1.46. The maximum absolute atomic E-state index is 12.3. The van der Waals surface area contributed by atoms with Gasteiger partial charge in [-0.1, -0.05) is 6.07 Å². The number of hydrogen-bond donors (Lipinski definition) is 2. The van der Waals surface area contributed by atoms with E-state index in [4.69, 9.17) is 28.4 Å². The summed E-state index contributed by atoms with van der Waals surface area (Å²) in [6, 6.07) is 3.13. The predicted molar refractivity (Wildman–Crippen MR) is 140 cm³/mol. The molecule has 1 aromatic carbocycles. The molecule has 12 nitrogen and oxygen atoms in total. The van der Waals surface area contributed by atoms with E-state index in [0.29, 0.717) is 5.56 Å². The molecule has 0 saturated carbocycles. The molecule has 39 heavy (non-hydrogen) atoms. The lowest BCUT2D eigenvalue weighted by Gasteiger charge is -2.22. The van der Waals surface area contributed by atoms with Crippen LogP contribution < -0.4 is 14.8 Å². The lowest BCUT2D eigenvalue weighted by Crippen LogP contribution is -2.43. The van der Waals surface area contributed by atoms with Crippen molar-refractivity contribution in [2.24, 2.45) is 0 Å². The van der Waals surface area contributed by atoms with Crippen LogP contribution in [0.1, 0.15) is 74.8 Å². The number of carboxylic acids is 1. The number of carboxylic acid groups (broad SMARTS) is 1. The Balaban J connectivity index is 3.05. The Kier molecular flexibility index (Phi) is 11.6. The Bertz CT molecular complexity index is 1020. The van der Waals surface area contributed by atoms with Crippen LogP contribution in [0.4, 0.5) is 14.4 Å². The first-order valence-electron chi connectivity index (χ1n) is 12.4. The molecule has 0 radical (unpaired) electrons. The fraction of sp³-hybridized carbons (Fsp3) is 0.630. The summed E-state index contributed by atoms with van der Waals surface area (Å²) in [5, 5.41) is 12.5. The van der Waals surface area contributed by atoms with Gasteiger partial charge in [0.25, 0.3) is 0 Å². The summed E-state index contributed by atoms with van der Waals surface area (Å²) in [4.78, 5) is 48.3. The highest BCUT2D eigenvalue weighted by Gasteiger charge is 2.26. The third kappa shape index (κ3) is 14.8. The Morgan fingerprint density at radius 1 is 0.769 bits per heavy atom. The van der Waals surface area contributed by atoms with Gasteiger partial charge < -0.3 is 38.8 Å². The summed E-state index contributed by atoms with van der Waals surface area (Å²) >= 11 is 0. The molecule has 0 heterocycles. The van der Waals surface area contributed by atoms with Gasteiger partial charge in [-0.3, -0.25) is 4.79 Å². The van der Waals surface area contributed by atoms with Crippen molar-refractivity contribution in [2.75, 3.05) is 6.54 Å². The number of carbonyl (C=O) groups excluding carboxylic acids is 3. The molecule has 0 amide bonds. The van der Waals surface area contributed by atoms with E-state index in [1.165, 1.54) is 18.2 Å². The van der Waals surface area contributed by atoms with E-state index in [1.54, 1.807) is 69.2 Å². The third-order valence-electron chi connectivity index (χ3n) is 4.25. The fourth-order valence-electron chi connectivity index (χ4n) is 2.84. The Hall–Kier alpha value is -3.54. The van der Waals surface area contributed by atoms with E-state index in [1.807, 2.05) is 0 Å². The molecule has 0 bridgehead atoms. The number of rotatable bonds is 9. The lowest BCUT2D eigenvalue weighted by atomic mass is 10.0. The van der Waals surface area contributed by atoms with Crippen molar-refractivity contribution in [2.45, 2.75) is 105 Å². The highest BCUT2D eigenvalue weighted by atomic mass is 16.8. The predicted octanol–water partition coefficient (Wildman–Crippen LogP) is 5.24. The van der Waals surface area contributed by atoms with Crippen LogP contribution in [0.3, 0.4) is 0 Å². The zero-order valence-electron chi connectivity index (χ0n) is 24.3. The molecular weight excluding hydrogens is 514 g/mol. The molecule has 0 aliphatic heterocycles. The van der Waals surface area contributed by atoms with Crippen LogP contribution >= 0.6 is 0 Å². The van der Waals surface area contributed by atoms with Crippen molar-refractivity contribution >= 4 is 24.4 Å². The zero-order valence-corrected chi connectivity index (χ0v) is 24.3. The highest BCUT2D eigenvalue weighted by molar-refractivity contribution is 5.74. The van der Waals surface area contributed by atoms with E-state index in [0.717, 1.165) is 0 Å². The van der Waals surface area contributed by atoms with Crippen molar-refractivity contribution in [3.8, 4) is 11.5 Å². The van der Waals surface area contributed by atoms with Gasteiger partial charge in [-0.2, -0.15) is 0 Å². The molecule has 220 valence electrons. The van der Waals surface area contributed by atoms with Crippen LogP contribution in [-0.2, 0) is 30.2 Å². The summed E-state index contributed by atoms with van der Waals surface area (Å²) < 4.78 is 31.1. The van der Waals surface area contributed by atoms with Gasteiger partial charge in [-0.25, -0.2) is 14.4 Å². The van der Waals surface area contributed by atoms with Gasteiger partial charge in [0.2, 0.25) is 0 Å². The van der Waals surface area contributed by atoms with Gasteiger partial charge in [0, 0.05) is 6.54 Å². The number of benzene rings is 1. The molecule has 1 aromatic rings. The second-order valence-corrected chi connectivity index (χ2v) is 11.8. The van der Waals surface area contributed by atoms with Crippen LogP contribution in [0.15, 0.2) is 18.2 Å². The maximum Gasteiger partial charge on any atom is 0.514 e. The van der Waals surface area contributed by atoms with Crippen LogP contribution in [0.5, 0.6) is 11.5 Å². The summed E-state index contributed by atoms with van der Waals surface area (Å²) in [6.45, 7) is 16.6. The Morgan fingerprint density at radius 3 is 1.69 bits per heavy atom. The SMILES string of the molecule is CC(CN[C@@H](Cc1ccc(OC(=O)OC(C)(C)C)c(OC(=O)OC(C)(C)C)c1)C(=O)O)OC(=O)OC(C)(C)C. The number of hydrogen-bond acceptors (Lipinski definition) is 11. The highest BCUT2D eigenvalue weighted by Crippen LogP contribution is 2.31. The molecule has 2 N–H and O–H groups in total. The quantitative estimate of drug-likeness (QED) is 0.232. The molecule has 1 rings (SSSR count). The van der Waals surface area contributed by atoms with Crippen LogP contribution in [-0.4, -0.2) is 65.0 Å². The Labute approximate surface area is 229 Å². The molecule has 2 atom stereocenters. The lowest BCUT2D eigenvalue weighted by molar-refractivity contribution is -0.139. The second kappa shape index (κ2) is 13.5. The molecule has 0 spiro atoms. The van der Waals surface area contributed by atoms with E-state index in [-0.39, 0.29) is 24.5 Å². The first-order chi connectivity index (χ1) is 17.6. The zero-order chi connectivity index (χ0) is 30.2. The number of carbonyl (C=O) groups is 4. The van der Waals surface area contributed by atoms with Gasteiger partial charge in [0.15, 0.2) is 11.5 Å². The van der Waals surface area contributed by atoms with Crippen molar-refractivity contribution in [1.82, 2.24) is 5.32 Å². The summed E-state index contributed by atoms with van der Waals surface area (Å²) in [6.07, 6.45) is -3.67. The first-order valence-corrected chi connectivity index (χ1v) is 12.4. The van der Waals surface area contributed by atoms with Gasteiger partial charge in [0.05, 0.1) is 0 Å². The molecule has 0 aliphatic carbocycles. The third-order valence-corrected chi connectivity index (χ3v) is 4.25. The van der Waals surface area contributed by atoms with Gasteiger partial charge in [-0.15, -0.1) is 0 Å². The molecule has 12 heteroatoms. The Morgan fingerprint density at radius 2 is 1.23 bits per heavy atom. The molecule has 0 aromatic heterocycles. The second-order valence-electron chi connectivity index (χ2n) is 11.8. The van der Waals surface area contributed by atoms with Crippen molar-refractivity contribution in [3.05, 3.63) is 23.8 Å². The topological polar surface area (TPSA) is 156 Å². The minimum atomic E-state index is -1.16. The van der Waals surface area contributed by atoms with Crippen LogP contribution in [0.2, 0.25) is 0 Å². The normalized spacial score (nSPS) is 13.5. The largest absolute Gasteiger partial charge is 0.514 e. The number of nitrogens with one attached hydrogen (secondary N) is 1. The van der Waals surface area contributed by atoms with Crippen molar-refractivity contribution < 1.29 is 52.7 Å². The van der Waals surface area contributed by atoms with Gasteiger partial charge >= 0.3 is 24.4 Å². The van der Waals surface area contributed by atoms with Crippen LogP contribution in [0, 0.1) is 0 Å². The standard InChI is InChI=1S/C27H41NO11/c1-16(34-22(31)37-25(2,3)4)15-28-18(21(29)30)13-17-11-12-19(35-23(32)38-26(5,6)7)20(14-17)36-24(33)39-27(8,9)10/h11-12,14,16,18,28H,13,15H2,1-10H3,(H,29,30)/t16?,18-/m0/s1. The minimum Gasteiger partial charge on any atom is -0.480 e. The maximum atomic E-state index is 12.3. The molecule has 1 unspecified atom stereocenters. The first kappa shape index (κ1) is 33.5. The van der Waals surface area contributed by atoms with Crippen LogP contribution in [0.25, 0.3) is 0 Å². The monoisotopic (exact) mass is 555 g/mol. The van der Waals surface area contributed by atoms with E-state index < -0.39 is 53.4 Å². The summed E-state index contributed by atoms with van der Waals surface area (Å²) in [7, 11) is 0. The number of ether oxygens (including phenoxy) is 6. The van der Waals surface area contributed by atoms with E-state index in [2.05, 4.69) is 5.32 Å². The summed E-state index contributed by atoms with van der Waals surface area (Å²) in [5.41, 5.74) is -1.97. The average Bonchev–Trinajstić information content (AvgIpc) is 2.68. The van der Waals surface area contributed by atoms with Crippen molar-refractivity contribution in [1.29, 1.82) is 0 Å². The molecular formula is C27H41NO11. The fourth-order valence-corrected chi connectivity index (χ4v) is 2.84. The molecule has 0 fully saturated rings. The average molecular weight is 556 g/mol. The van der Waals surface area contributed by atoms with Gasteiger partial charge in [0.1, 0.15) is 28.9 Å². The molecule has 0 aliphatic rings.